The van der Waals surface area contributed by atoms with E-state index in [2.05, 4.69) is 0 Å². The summed E-state index contributed by atoms with van der Waals surface area (Å²) in [5.41, 5.74) is 2.95. The van der Waals surface area contributed by atoms with Gasteiger partial charge in [-0.15, -0.1) is 0 Å². The lowest BCUT2D eigenvalue weighted by Gasteiger charge is -2.20. The zero-order valence-corrected chi connectivity index (χ0v) is 17.7. The summed E-state index contributed by atoms with van der Waals surface area (Å²) in [4.78, 5) is 15.4. The predicted octanol–water partition coefficient (Wildman–Crippen LogP) is 4.43. The first-order valence-electron chi connectivity index (χ1n) is 10.3. The molecule has 2 aromatic carbocycles. The second-order valence-corrected chi connectivity index (χ2v) is 7.53. The van der Waals surface area contributed by atoms with Gasteiger partial charge < -0.3 is 14.4 Å². The molecule has 0 spiro atoms. The predicted molar refractivity (Wildman–Crippen MR) is 116 cm³/mol. The van der Waals surface area contributed by atoms with Crippen molar-refractivity contribution in [1.29, 1.82) is 0 Å². The van der Waals surface area contributed by atoms with Crippen LogP contribution in [0.5, 0.6) is 11.5 Å². The van der Waals surface area contributed by atoms with E-state index < -0.39 is 0 Å². The lowest BCUT2D eigenvalue weighted by atomic mass is 10.1. The molecule has 1 fully saturated rings. The first-order chi connectivity index (χ1) is 14.6. The van der Waals surface area contributed by atoms with Gasteiger partial charge in [0, 0.05) is 24.8 Å². The standard InChI is InChI=1S/C24H27N3O3/c1-4-26(15-17-10-11-17)24(28)20-16-27(19-8-6-5-7-9-19)25-23(20)18-12-13-21(29-2)22(14-18)30-3/h5-9,12-14,16-17H,4,10-11,15H2,1-3H3. The highest BCUT2D eigenvalue weighted by atomic mass is 16.5. The van der Waals surface area contributed by atoms with Crippen LogP contribution in [0.15, 0.2) is 54.7 Å². The molecular formula is C24H27N3O3. The van der Waals surface area contributed by atoms with Crippen molar-refractivity contribution in [2.45, 2.75) is 19.8 Å². The van der Waals surface area contributed by atoms with E-state index in [1.165, 1.54) is 12.8 Å². The summed E-state index contributed by atoms with van der Waals surface area (Å²) in [5, 5.41) is 4.79. The third-order valence-corrected chi connectivity index (χ3v) is 5.47. The molecule has 0 atom stereocenters. The highest BCUT2D eigenvalue weighted by Crippen LogP contribution is 2.35. The van der Waals surface area contributed by atoms with Gasteiger partial charge in [-0.3, -0.25) is 4.79 Å². The number of nitrogens with zero attached hydrogens (tertiary/aromatic N) is 3. The molecule has 0 N–H and O–H groups in total. The summed E-state index contributed by atoms with van der Waals surface area (Å²) >= 11 is 0. The summed E-state index contributed by atoms with van der Waals surface area (Å²) in [6.45, 7) is 3.51. The van der Waals surface area contributed by atoms with Crippen LogP contribution < -0.4 is 9.47 Å². The maximum atomic E-state index is 13.5. The lowest BCUT2D eigenvalue weighted by Crippen LogP contribution is -2.32. The molecule has 1 saturated carbocycles. The Balaban J connectivity index is 1.79. The fraction of sp³-hybridized carbons (Fsp3) is 0.333. The molecule has 1 aliphatic carbocycles. The second-order valence-electron chi connectivity index (χ2n) is 7.53. The Morgan fingerprint density at radius 3 is 2.47 bits per heavy atom. The molecule has 156 valence electrons. The van der Waals surface area contributed by atoms with Gasteiger partial charge in [0.15, 0.2) is 11.5 Å². The number of ether oxygens (including phenoxy) is 2. The Kier molecular flexibility index (Phi) is 5.74. The highest BCUT2D eigenvalue weighted by molar-refractivity contribution is 6.00. The van der Waals surface area contributed by atoms with E-state index in [0.29, 0.717) is 35.2 Å². The maximum absolute atomic E-state index is 13.5. The van der Waals surface area contributed by atoms with Gasteiger partial charge in [-0.1, -0.05) is 18.2 Å². The first kappa shape index (κ1) is 20.0. The lowest BCUT2D eigenvalue weighted by molar-refractivity contribution is 0.0757. The van der Waals surface area contributed by atoms with Gasteiger partial charge in [-0.2, -0.15) is 5.10 Å². The molecule has 0 saturated heterocycles. The number of carbonyl (C=O) groups excluding carboxylic acids is 1. The number of aromatic nitrogens is 2. The van der Waals surface area contributed by atoms with Crippen LogP contribution >= 0.6 is 0 Å². The maximum Gasteiger partial charge on any atom is 0.257 e. The van der Waals surface area contributed by atoms with Crippen molar-refractivity contribution in [3.05, 3.63) is 60.3 Å². The molecule has 30 heavy (non-hydrogen) atoms. The number of para-hydroxylation sites is 1. The van der Waals surface area contributed by atoms with E-state index in [1.807, 2.05) is 66.6 Å². The molecule has 0 unspecified atom stereocenters. The van der Waals surface area contributed by atoms with Gasteiger partial charge in [0.2, 0.25) is 0 Å². The third-order valence-electron chi connectivity index (χ3n) is 5.47. The molecule has 3 aromatic rings. The average Bonchev–Trinajstić information content (AvgIpc) is 3.51. The van der Waals surface area contributed by atoms with Gasteiger partial charge >= 0.3 is 0 Å². The topological polar surface area (TPSA) is 56.6 Å². The largest absolute Gasteiger partial charge is 0.493 e. The zero-order chi connectivity index (χ0) is 21.1. The van der Waals surface area contributed by atoms with Crippen LogP contribution in [0.1, 0.15) is 30.1 Å². The summed E-state index contributed by atoms with van der Waals surface area (Å²) in [5.74, 6) is 1.88. The number of methoxy groups -OCH3 is 2. The number of amides is 1. The van der Waals surface area contributed by atoms with Crippen molar-refractivity contribution in [3.63, 3.8) is 0 Å². The summed E-state index contributed by atoms with van der Waals surface area (Å²) < 4.78 is 12.6. The molecule has 0 bridgehead atoms. The van der Waals surface area contributed by atoms with E-state index in [1.54, 1.807) is 18.9 Å². The monoisotopic (exact) mass is 405 g/mol. The van der Waals surface area contributed by atoms with Crippen molar-refractivity contribution in [2.75, 3.05) is 27.3 Å². The summed E-state index contributed by atoms with van der Waals surface area (Å²) in [6, 6.07) is 15.4. The van der Waals surface area contributed by atoms with E-state index in [9.17, 15) is 4.79 Å². The van der Waals surface area contributed by atoms with E-state index in [-0.39, 0.29) is 5.91 Å². The Morgan fingerprint density at radius 2 is 1.83 bits per heavy atom. The van der Waals surface area contributed by atoms with Crippen LogP contribution in [0.25, 0.3) is 16.9 Å². The molecule has 6 nitrogen and oxygen atoms in total. The average molecular weight is 405 g/mol. The van der Waals surface area contributed by atoms with Crippen molar-refractivity contribution >= 4 is 5.91 Å². The Morgan fingerprint density at radius 1 is 1.10 bits per heavy atom. The minimum absolute atomic E-state index is 0.0105. The van der Waals surface area contributed by atoms with E-state index >= 15 is 0 Å². The van der Waals surface area contributed by atoms with Gasteiger partial charge in [0.1, 0.15) is 5.69 Å². The van der Waals surface area contributed by atoms with Crippen molar-refractivity contribution in [1.82, 2.24) is 14.7 Å². The number of hydrogen-bond donors (Lipinski definition) is 0. The number of rotatable bonds is 8. The Hall–Kier alpha value is -3.28. The molecule has 1 amide bonds. The van der Waals surface area contributed by atoms with Gasteiger partial charge in [-0.05, 0) is 56.0 Å². The van der Waals surface area contributed by atoms with Crippen LogP contribution in [0.2, 0.25) is 0 Å². The van der Waals surface area contributed by atoms with Crippen LogP contribution in [-0.2, 0) is 0 Å². The van der Waals surface area contributed by atoms with Crippen molar-refractivity contribution in [2.24, 2.45) is 5.92 Å². The molecular weight excluding hydrogens is 378 g/mol. The van der Waals surface area contributed by atoms with Gasteiger partial charge in [-0.25, -0.2) is 4.68 Å². The Labute approximate surface area is 177 Å². The second kappa shape index (κ2) is 8.61. The highest BCUT2D eigenvalue weighted by Gasteiger charge is 2.29. The minimum Gasteiger partial charge on any atom is -0.493 e. The molecule has 0 radical (unpaired) electrons. The molecule has 6 heteroatoms. The van der Waals surface area contributed by atoms with Gasteiger partial charge in [0.25, 0.3) is 5.91 Å². The quantitative estimate of drug-likeness (QED) is 0.556. The van der Waals surface area contributed by atoms with Crippen molar-refractivity contribution < 1.29 is 14.3 Å². The Bertz CT molecular complexity index is 1030. The molecule has 1 aromatic heterocycles. The number of benzene rings is 2. The third kappa shape index (κ3) is 4.03. The molecule has 4 rings (SSSR count). The van der Waals surface area contributed by atoms with Gasteiger partial charge in [0.05, 0.1) is 25.5 Å². The van der Waals surface area contributed by atoms with Crippen LogP contribution in [-0.4, -0.2) is 47.9 Å². The van der Waals surface area contributed by atoms with Crippen LogP contribution in [0.3, 0.4) is 0 Å². The number of hydrogen-bond acceptors (Lipinski definition) is 4. The van der Waals surface area contributed by atoms with Crippen LogP contribution in [0, 0.1) is 5.92 Å². The minimum atomic E-state index is 0.0105. The molecule has 1 aliphatic rings. The van der Waals surface area contributed by atoms with Crippen molar-refractivity contribution in [3.8, 4) is 28.4 Å². The molecule has 0 aliphatic heterocycles. The number of carbonyl (C=O) groups is 1. The fourth-order valence-corrected chi connectivity index (χ4v) is 3.58. The normalized spacial score (nSPS) is 13.2. The molecule has 1 heterocycles. The van der Waals surface area contributed by atoms with Crippen LogP contribution in [0.4, 0.5) is 0 Å². The fourth-order valence-electron chi connectivity index (χ4n) is 3.58. The first-order valence-corrected chi connectivity index (χ1v) is 10.3. The zero-order valence-electron chi connectivity index (χ0n) is 17.7. The van der Waals surface area contributed by atoms with E-state index in [0.717, 1.165) is 17.8 Å². The summed E-state index contributed by atoms with van der Waals surface area (Å²) in [7, 11) is 3.21. The summed E-state index contributed by atoms with van der Waals surface area (Å²) in [6.07, 6.45) is 4.24. The van der Waals surface area contributed by atoms with E-state index in [4.69, 9.17) is 14.6 Å². The smallest absolute Gasteiger partial charge is 0.257 e. The SMILES string of the molecule is CCN(CC1CC1)C(=O)c1cn(-c2ccccc2)nc1-c1ccc(OC)c(OC)c1.